The Labute approximate surface area is 155 Å². The van der Waals surface area contributed by atoms with E-state index in [9.17, 15) is 4.79 Å². The van der Waals surface area contributed by atoms with Crippen molar-refractivity contribution in [2.45, 2.75) is 59.0 Å². The highest BCUT2D eigenvalue weighted by Crippen LogP contribution is 2.22. The van der Waals surface area contributed by atoms with Gasteiger partial charge in [-0.05, 0) is 59.6 Å². The number of nitrogens with one attached hydrogen (secondary N) is 2. The highest BCUT2D eigenvalue weighted by atomic mass is 16.1. The molecular formula is C20H29N5O. The Morgan fingerprint density at radius 2 is 1.88 bits per heavy atom. The van der Waals surface area contributed by atoms with E-state index in [-0.39, 0.29) is 11.1 Å². The summed E-state index contributed by atoms with van der Waals surface area (Å²) >= 11 is 0. The van der Waals surface area contributed by atoms with Crippen LogP contribution in [0.4, 0.5) is 5.82 Å². The zero-order chi connectivity index (χ0) is 18.9. The van der Waals surface area contributed by atoms with Gasteiger partial charge >= 0.3 is 0 Å². The normalized spacial score (nSPS) is 16.7. The van der Waals surface area contributed by atoms with Crippen LogP contribution < -0.4 is 10.9 Å². The first-order chi connectivity index (χ1) is 12.2. The summed E-state index contributed by atoms with van der Waals surface area (Å²) in [6, 6.07) is 4.36. The van der Waals surface area contributed by atoms with E-state index < -0.39 is 0 Å². The van der Waals surface area contributed by atoms with Crippen molar-refractivity contribution in [3.63, 3.8) is 0 Å². The van der Waals surface area contributed by atoms with Gasteiger partial charge in [0.15, 0.2) is 0 Å². The van der Waals surface area contributed by atoms with Crippen molar-refractivity contribution in [3.05, 3.63) is 39.9 Å². The third kappa shape index (κ3) is 4.12. The van der Waals surface area contributed by atoms with Gasteiger partial charge < -0.3 is 10.3 Å². The third-order valence-corrected chi connectivity index (χ3v) is 5.23. The van der Waals surface area contributed by atoms with Crippen molar-refractivity contribution in [3.8, 4) is 11.4 Å². The molecule has 0 bridgehead atoms. The molecule has 2 aromatic heterocycles. The van der Waals surface area contributed by atoms with Crippen LogP contribution in [0, 0.1) is 13.8 Å². The average molecular weight is 355 g/mol. The number of rotatable bonds is 3. The largest absolute Gasteiger partial charge is 0.367 e. The smallest absolute Gasteiger partial charge is 0.254 e. The lowest BCUT2D eigenvalue weighted by Gasteiger charge is -2.41. The number of aromatic amines is 1. The van der Waals surface area contributed by atoms with Crippen molar-refractivity contribution in [2.24, 2.45) is 0 Å². The first-order valence-electron chi connectivity index (χ1n) is 9.29. The average Bonchev–Trinajstić information content (AvgIpc) is 2.59. The van der Waals surface area contributed by atoms with Crippen LogP contribution in [0.5, 0.6) is 0 Å². The second-order valence-electron chi connectivity index (χ2n) is 8.13. The monoisotopic (exact) mass is 355 g/mol. The molecule has 0 aliphatic carbocycles. The summed E-state index contributed by atoms with van der Waals surface area (Å²) in [6.07, 6.45) is 4.00. The zero-order valence-corrected chi connectivity index (χ0v) is 16.4. The summed E-state index contributed by atoms with van der Waals surface area (Å²) in [7, 11) is 0. The second kappa shape index (κ2) is 7.19. The first kappa shape index (κ1) is 18.6. The van der Waals surface area contributed by atoms with Crippen molar-refractivity contribution in [1.29, 1.82) is 0 Å². The highest BCUT2D eigenvalue weighted by Gasteiger charge is 2.26. The van der Waals surface area contributed by atoms with Crippen LogP contribution in [0.1, 0.15) is 44.9 Å². The van der Waals surface area contributed by atoms with Gasteiger partial charge in [-0.1, -0.05) is 0 Å². The Hall–Kier alpha value is -2.21. The summed E-state index contributed by atoms with van der Waals surface area (Å²) in [5.74, 6) is 1.43. The summed E-state index contributed by atoms with van der Waals surface area (Å²) in [5.41, 5.74) is 2.36. The topological polar surface area (TPSA) is 73.9 Å². The molecule has 0 unspecified atom stereocenters. The molecule has 0 spiro atoms. The number of anilines is 1. The van der Waals surface area contributed by atoms with E-state index in [4.69, 9.17) is 0 Å². The fourth-order valence-corrected chi connectivity index (χ4v) is 3.30. The Bertz CT molecular complexity index is 812. The van der Waals surface area contributed by atoms with Gasteiger partial charge in [0.05, 0.1) is 0 Å². The van der Waals surface area contributed by atoms with Crippen LogP contribution in [-0.4, -0.2) is 44.5 Å². The van der Waals surface area contributed by atoms with Gasteiger partial charge in [-0.2, -0.15) is 0 Å². The minimum absolute atomic E-state index is 0.0969. The molecule has 0 atom stereocenters. The molecule has 1 fully saturated rings. The van der Waals surface area contributed by atoms with Crippen molar-refractivity contribution in [2.75, 3.05) is 18.4 Å². The fourth-order valence-electron chi connectivity index (χ4n) is 3.30. The van der Waals surface area contributed by atoms with E-state index in [1.165, 1.54) is 0 Å². The third-order valence-electron chi connectivity index (χ3n) is 5.23. The summed E-state index contributed by atoms with van der Waals surface area (Å²) < 4.78 is 0. The summed E-state index contributed by atoms with van der Waals surface area (Å²) in [5, 5.41) is 3.53. The molecule has 6 nitrogen and oxygen atoms in total. The van der Waals surface area contributed by atoms with Gasteiger partial charge in [-0.15, -0.1) is 0 Å². The van der Waals surface area contributed by atoms with E-state index in [0.717, 1.165) is 43.0 Å². The molecule has 140 valence electrons. The SMILES string of the molecule is Cc1nc(-c2ccc(NC3CCN(C(C)(C)C)CC3)nc2)[nH]c(=O)c1C. The van der Waals surface area contributed by atoms with Gasteiger partial charge in [0, 0.05) is 47.7 Å². The number of likely N-dealkylation sites (tertiary alicyclic amines) is 1. The number of hydrogen-bond donors (Lipinski definition) is 2. The van der Waals surface area contributed by atoms with Gasteiger partial charge in [-0.25, -0.2) is 9.97 Å². The maximum absolute atomic E-state index is 11.9. The highest BCUT2D eigenvalue weighted by molar-refractivity contribution is 5.56. The number of piperidine rings is 1. The Morgan fingerprint density at radius 1 is 1.19 bits per heavy atom. The van der Waals surface area contributed by atoms with Gasteiger partial charge in [-0.3, -0.25) is 9.69 Å². The van der Waals surface area contributed by atoms with E-state index >= 15 is 0 Å². The molecule has 0 radical (unpaired) electrons. The van der Waals surface area contributed by atoms with E-state index in [1.54, 1.807) is 13.1 Å². The first-order valence-corrected chi connectivity index (χ1v) is 9.29. The zero-order valence-electron chi connectivity index (χ0n) is 16.4. The summed E-state index contributed by atoms with van der Waals surface area (Å²) in [6.45, 7) is 12.6. The maximum Gasteiger partial charge on any atom is 0.254 e. The van der Waals surface area contributed by atoms with Gasteiger partial charge in [0.1, 0.15) is 11.6 Å². The minimum Gasteiger partial charge on any atom is -0.367 e. The van der Waals surface area contributed by atoms with E-state index in [2.05, 4.69) is 45.9 Å². The Morgan fingerprint density at radius 3 is 2.42 bits per heavy atom. The van der Waals surface area contributed by atoms with Crippen LogP contribution in [-0.2, 0) is 0 Å². The van der Waals surface area contributed by atoms with E-state index in [0.29, 0.717) is 17.4 Å². The number of aryl methyl sites for hydroxylation is 1. The van der Waals surface area contributed by atoms with Crippen LogP contribution >= 0.6 is 0 Å². The molecule has 1 saturated heterocycles. The molecule has 0 saturated carbocycles. The molecule has 2 aromatic rings. The molecule has 2 N–H and O–H groups in total. The maximum atomic E-state index is 11.9. The van der Waals surface area contributed by atoms with Crippen LogP contribution in [0.15, 0.2) is 23.1 Å². The Kier molecular flexibility index (Phi) is 5.14. The van der Waals surface area contributed by atoms with Crippen molar-refractivity contribution >= 4 is 5.82 Å². The number of aromatic nitrogens is 3. The number of nitrogens with zero attached hydrogens (tertiary/aromatic N) is 3. The Balaban J connectivity index is 1.65. The fraction of sp³-hybridized carbons (Fsp3) is 0.550. The predicted molar refractivity (Wildman–Crippen MR) is 106 cm³/mol. The lowest BCUT2D eigenvalue weighted by molar-refractivity contribution is 0.106. The van der Waals surface area contributed by atoms with Crippen LogP contribution in [0.2, 0.25) is 0 Å². The molecule has 3 heterocycles. The second-order valence-corrected chi connectivity index (χ2v) is 8.13. The lowest BCUT2D eigenvalue weighted by atomic mass is 9.98. The van der Waals surface area contributed by atoms with Crippen LogP contribution in [0.25, 0.3) is 11.4 Å². The predicted octanol–water partition coefficient (Wildman–Crippen LogP) is 3.12. The summed E-state index contributed by atoms with van der Waals surface area (Å²) in [4.78, 5) is 26.3. The van der Waals surface area contributed by atoms with E-state index in [1.807, 2.05) is 19.1 Å². The molecule has 6 heteroatoms. The molecule has 1 aliphatic rings. The number of hydrogen-bond acceptors (Lipinski definition) is 5. The van der Waals surface area contributed by atoms with Gasteiger partial charge in [0.25, 0.3) is 5.56 Å². The van der Waals surface area contributed by atoms with Crippen LogP contribution in [0.3, 0.4) is 0 Å². The molecule has 26 heavy (non-hydrogen) atoms. The van der Waals surface area contributed by atoms with Crippen molar-refractivity contribution in [1.82, 2.24) is 19.9 Å². The minimum atomic E-state index is -0.0969. The van der Waals surface area contributed by atoms with Gasteiger partial charge in [0.2, 0.25) is 0 Å². The number of H-pyrrole nitrogens is 1. The standard InChI is InChI=1S/C20H29N5O/c1-13-14(2)22-18(24-19(13)26)15-6-7-17(21-12-15)23-16-8-10-25(11-9-16)20(3,4)5/h6-7,12,16H,8-11H2,1-5H3,(H,21,23)(H,22,24,26). The van der Waals surface area contributed by atoms with Crippen molar-refractivity contribution < 1.29 is 0 Å². The molecule has 3 rings (SSSR count). The molecule has 1 aliphatic heterocycles. The number of pyridine rings is 1. The molecular weight excluding hydrogens is 326 g/mol. The lowest BCUT2D eigenvalue weighted by Crippen LogP contribution is -2.48. The molecule has 0 aromatic carbocycles. The molecule has 0 amide bonds. The quantitative estimate of drug-likeness (QED) is 0.885.